The van der Waals surface area contributed by atoms with Gasteiger partial charge in [0.05, 0.1) is 36.0 Å². The first kappa shape index (κ1) is 32.1. The lowest BCUT2D eigenvalue weighted by molar-refractivity contribution is -0.137. The van der Waals surface area contributed by atoms with Crippen LogP contribution < -0.4 is 14.8 Å². The quantitative estimate of drug-likeness (QED) is 0.320. The Bertz CT molecular complexity index is 1550. The molecule has 0 saturated heterocycles. The van der Waals surface area contributed by atoms with E-state index in [-0.39, 0.29) is 46.6 Å². The lowest BCUT2D eigenvalue weighted by Crippen LogP contribution is -2.50. The van der Waals surface area contributed by atoms with Crippen LogP contribution in [0.2, 0.25) is 0 Å². The van der Waals surface area contributed by atoms with Crippen molar-refractivity contribution < 1.29 is 41.0 Å². The molecule has 3 aromatic rings. The molecule has 0 fully saturated rings. The molecule has 15 heteroatoms. The molecule has 0 saturated carbocycles. The number of amides is 3. The lowest BCUT2D eigenvalue weighted by Gasteiger charge is -2.38. The number of carbonyl (C=O) groups is 2. The van der Waals surface area contributed by atoms with Gasteiger partial charge in [0.15, 0.2) is 5.75 Å². The van der Waals surface area contributed by atoms with E-state index in [1.54, 1.807) is 25.3 Å². The summed E-state index contributed by atoms with van der Waals surface area (Å²) < 4.78 is 73.7. The Kier molecular flexibility index (Phi) is 9.57. The highest BCUT2D eigenvalue weighted by Gasteiger charge is 2.36. The highest BCUT2D eigenvalue weighted by molar-refractivity contribution is 7.94. The molecule has 4 rings (SSSR count). The maximum absolute atomic E-state index is 13.6. The molecule has 2 aromatic carbocycles. The van der Waals surface area contributed by atoms with Gasteiger partial charge in [0, 0.05) is 25.2 Å². The largest absolute Gasteiger partial charge is 0.485 e. The van der Waals surface area contributed by atoms with Gasteiger partial charge in [0.2, 0.25) is 0 Å². The third-order valence-corrected chi connectivity index (χ3v) is 9.72. The molecule has 43 heavy (non-hydrogen) atoms. The fourth-order valence-corrected chi connectivity index (χ4v) is 6.52. The van der Waals surface area contributed by atoms with E-state index in [0.29, 0.717) is 0 Å². The highest BCUT2D eigenvalue weighted by atomic mass is 32.2. The molecule has 2 heterocycles. The van der Waals surface area contributed by atoms with Gasteiger partial charge in [-0.2, -0.15) is 13.2 Å². The molecule has 0 aliphatic carbocycles. The molecule has 0 spiro atoms. The van der Waals surface area contributed by atoms with Gasteiger partial charge >= 0.3 is 12.2 Å². The van der Waals surface area contributed by atoms with Crippen LogP contribution in [0.5, 0.6) is 5.75 Å². The number of hydrogen-bond acceptors (Lipinski definition) is 7. The number of para-hydroxylation sites is 1. The van der Waals surface area contributed by atoms with Gasteiger partial charge in [-0.1, -0.05) is 19.1 Å². The summed E-state index contributed by atoms with van der Waals surface area (Å²) in [7, 11) is -2.54. The Labute approximate surface area is 251 Å². The van der Waals surface area contributed by atoms with Crippen molar-refractivity contribution in [3.8, 4) is 5.75 Å². The molecule has 3 N–H and O–H groups in total. The lowest BCUT2D eigenvalue weighted by atomic mass is 9.99. The maximum Gasteiger partial charge on any atom is 0.416 e. The molecular weight excluding hydrogens is 609 g/mol. The average Bonchev–Trinajstić information content (AvgIpc) is 3.51. The second kappa shape index (κ2) is 12.8. The fourth-order valence-electron chi connectivity index (χ4n) is 4.47. The number of hydrogen-bond donors (Lipinski definition) is 3. The molecule has 0 bridgehead atoms. The number of alkyl halides is 3. The number of sulfonamides is 1. The first-order valence-electron chi connectivity index (χ1n) is 13.2. The van der Waals surface area contributed by atoms with Crippen molar-refractivity contribution in [2.75, 3.05) is 36.8 Å². The Morgan fingerprint density at radius 2 is 1.88 bits per heavy atom. The fraction of sp³-hybridized carbons (Fsp3) is 0.357. The van der Waals surface area contributed by atoms with Crippen molar-refractivity contribution in [1.29, 1.82) is 0 Å². The van der Waals surface area contributed by atoms with Crippen LogP contribution in [0.3, 0.4) is 0 Å². The van der Waals surface area contributed by atoms with Crippen LogP contribution >= 0.6 is 11.3 Å². The van der Waals surface area contributed by atoms with Gasteiger partial charge in [-0.25, -0.2) is 13.2 Å². The molecular formula is C28H31F3N4O6S2. The normalized spacial score (nSPS) is 18.1. The number of aliphatic hydroxyl groups excluding tert-OH is 1. The average molecular weight is 641 g/mol. The van der Waals surface area contributed by atoms with E-state index in [9.17, 15) is 36.3 Å². The maximum atomic E-state index is 13.6. The van der Waals surface area contributed by atoms with Crippen LogP contribution in [0.4, 0.5) is 29.3 Å². The summed E-state index contributed by atoms with van der Waals surface area (Å²) >= 11 is 1.02. The third-order valence-electron chi connectivity index (χ3n) is 6.96. The number of fused-ring (bicyclic) bond motifs is 1. The zero-order valence-corrected chi connectivity index (χ0v) is 25.1. The van der Waals surface area contributed by atoms with Gasteiger partial charge in [-0.15, -0.1) is 11.3 Å². The van der Waals surface area contributed by atoms with Crippen molar-refractivity contribution in [1.82, 2.24) is 9.80 Å². The molecule has 1 aliphatic rings. The summed E-state index contributed by atoms with van der Waals surface area (Å²) in [6, 6.07) is 10.3. The number of halogens is 3. The SMILES string of the molecule is C[C@H]1CN([C@@H](C)CO)C(=O)c2cccc(NS(=O)(=O)c3cccs3)c2O[C@H]1CN(C)C(=O)Nc1ccc(C(F)(F)F)cc1. The molecule has 1 aliphatic heterocycles. The first-order valence-corrected chi connectivity index (χ1v) is 15.5. The number of rotatable bonds is 8. The van der Waals surface area contributed by atoms with Crippen LogP contribution in [-0.2, 0) is 16.2 Å². The summed E-state index contributed by atoms with van der Waals surface area (Å²) in [5, 5.41) is 14.0. The number of anilines is 2. The van der Waals surface area contributed by atoms with E-state index in [4.69, 9.17) is 4.74 Å². The van der Waals surface area contributed by atoms with Crippen LogP contribution in [0.15, 0.2) is 64.2 Å². The van der Waals surface area contributed by atoms with E-state index in [1.807, 2.05) is 0 Å². The van der Waals surface area contributed by atoms with Crippen LogP contribution in [0.1, 0.15) is 29.8 Å². The van der Waals surface area contributed by atoms with E-state index >= 15 is 0 Å². The zero-order chi connectivity index (χ0) is 31.5. The monoisotopic (exact) mass is 640 g/mol. The van der Waals surface area contributed by atoms with Crippen molar-refractivity contribution in [2.45, 2.75) is 36.4 Å². The number of benzene rings is 2. The van der Waals surface area contributed by atoms with Crippen molar-refractivity contribution >= 4 is 44.7 Å². The predicted molar refractivity (Wildman–Crippen MR) is 156 cm³/mol. The standard InChI is InChI=1S/C28H31F3N4O6S2/c1-17-14-35(18(2)16-36)26(37)21-6-4-7-22(33-43(39,40)24-8-5-13-42-24)25(21)41-23(17)15-34(3)27(38)32-20-11-9-19(10-12-20)28(29,30)31/h4-13,17-18,23,33,36H,14-16H2,1-3H3,(H,32,38)/t17-,18-,23-/m0/s1. The van der Waals surface area contributed by atoms with Gasteiger partial charge in [0.1, 0.15) is 10.3 Å². The molecule has 232 valence electrons. The predicted octanol–water partition coefficient (Wildman–Crippen LogP) is 4.95. The first-order chi connectivity index (χ1) is 20.2. The Balaban J connectivity index is 1.63. The van der Waals surface area contributed by atoms with E-state index in [0.717, 1.165) is 35.6 Å². The molecule has 3 atom stereocenters. The van der Waals surface area contributed by atoms with E-state index < -0.39 is 51.8 Å². The third kappa shape index (κ3) is 7.40. The summed E-state index contributed by atoms with van der Waals surface area (Å²) in [4.78, 5) is 29.4. The Morgan fingerprint density at radius 1 is 1.19 bits per heavy atom. The molecule has 10 nitrogen and oxygen atoms in total. The summed E-state index contributed by atoms with van der Waals surface area (Å²) in [6.45, 7) is 3.27. The minimum Gasteiger partial charge on any atom is -0.485 e. The minimum atomic E-state index is -4.51. The molecule has 0 radical (unpaired) electrons. The van der Waals surface area contributed by atoms with Gasteiger partial charge in [-0.05, 0) is 54.8 Å². The zero-order valence-electron chi connectivity index (χ0n) is 23.5. The second-order valence-electron chi connectivity index (χ2n) is 10.2. The molecule has 3 amide bonds. The minimum absolute atomic E-state index is 0.0202. The van der Waals surface area contributed by atoms with Gasteiger partial charge in [0.25, 0.3) is 15.9 Å². The number of likely N-dealkylation sites (N-methyl/N-ethyl adjacent to an activating group) is 1. The Hall–Kier alpha value is -3.82. The summed E-state index contributed by atoms with van der Waals surface area (Å²) in [5.41, 5.74) is -0.608. The molecule has 0 unspecified atom stereocenters. The van der Waals surface area contributed by atoms with Gasteiger partial charge in [-0.3, -0.25) is 9.52 Å². The topological polar surface area (TPSA) is 128 Å². The summed E-state index contributed by atoms with van der Waals surface area (Å²) in [5.74, 6) is -0.905. The van der Waals surface area contributed by atoms with E-state index in [2.05, 4.69) is 10.0 Å². The number of thiophene rings is 1. The van der Waals surface area contributed by atoms with Crippen molar-refractivity contribution in [3.63, 3.8) is 0 Å². The van der Waals surface area contributed by atoms with E-state index in [1.165, 1.54) is 41.1 Å². The number of aliphatic hydroxyl groups is 1. The van der Waals surface area contributed by atoms with Crippen LogP contribution in [0.25, 0.3) is 0 Å². The summed E-state index contributed by atoms with van der Waals surface area (Å²) in [6.07, 6.45) is -5.28. The second-order valence-corrected chi connectivity index (χ2v) is 13.1. The smallest absolute Gasteiger partial charge is 0.416 e. The molecule has 1 aromatic heterocycles. The number of ether oxygens (including phenoxy) is 1. The van der Waals surface area contributed by atoms with Crippen molar-refractivity contribution in [2.24, 2.45) is 5.92 Å². The van der Waals surface area contributed by atoms with Crippen LogP contribution in [-0.4, -0.2) is 74.2 Å². The number of nitrogens with zero attached hydrogens (tertiary/aromatic N) is 2. The number of nitrogens with one attached hydrogen (secondary N) is 2. The highest BCUT2D eigenvalue weighted by Crippen LogP contribution is 2.36. The Morgan fingerprint density at radius 3 is 2.49 bits per heavy atom. The number of carbonyl (C=O) groups excluding carboxylic acids is 2. The van der Waals surface area contributed by atoms with Crippen LogP contribution in [0, 0.1) is 5.92 Å². The number of urea groups is 1. The van der Waals surface area contributed by atoms with Crippen molar-refractivity contribution in [3.05, 3.63) is 71.1 Å². The van der Waals surface area contributed by atoms with Gasteiger partial charge < -0.3 is 25.0 Å².